The fourth-order valence-corrected chi connectivity index (χ4v) is 2.10. The van der Waals surface area contributed by atoms with Crippen molar-refractivity contribution < 1.29 is 0 Å². The van der Waals surface area contributed by atoms with E-state index in [1.807, 2.05) is 6.20 Å². The Kier molecular flexibility index (Phi) is 4.90. The first kappa shape index (κ1) is 13.2. The van der Waals surface area contributed by atoms with Crippen molar-refractivity contribution in [1.82, 2.24) is 14.8 Å². The van der Waals surface area contributed by atoms with Gasteiger partial charge in [-0.3, -0.25) is 9.88 Å². The van der Waals surface area contributed by atoms with Gasteiger partial charge in [0.15, 0.2) is 0 Å². The molecule has 1 aliphatic heterocycles. The summed E-state index contributed by atoms with van der Waals surface area (Å²) in [4.78, 5) is 9.29. The lowest BCUT2D eigenvalue weighted by Gasteiger charge is -2.31. The van der Waals surface area contributed by atoms with Crippen molar-refractivity contribution in [3.05, 3.63) is 35.7 Å². The van der Waals surface area contributed by atoms with Gasteiger partial charge in [0.05, 0.1) is 5.69 Å². The van der Waals surface area contributed by atoms with Gasteiger partial charge in [-0.1, -0.05) is 19.1 Å². The number of nitrogens with zero attached hydrogens (tertiary/aromatic N) is 3. The number of likely N-dealkylation sites (N-methyl/N-ethyl adjacent to an activating group) is 1. The van der Waals surface area contributed by atoms with E-state index in [0.717, 1.165) is 18.7 Å². The highest BCUT2D eigenvalue weighted by Crippen LogP contribution is 2.04. The van der Waals surface area contributed by atoms with Crippen molar-refractivity contribution in [2.24, 2.45) is 0 Å². The zero-order valence-corrected chi connectivity index (χ0v) is 11.5. The van der Waals surface area contributed by atoms with Crippen molar-refractivity contribution in [3.8, 4) is 0 Å². The molecular formula is C15H23N3. The molecule has 1 saturated heterocycles. The van der Waals surface area contributed by atoms with E-state index in [1.54, 1.807) is 0 Å². The molecule has 0 aliphatic carbocycles. The lowest BCUT2D eigenvalue weighted by atomic mass is 10.2. The Bertz CT molecular complexity index is 375. The molecule has 1 aromatic heterocycles. The van der Waals surface area contributed by atoms with Gasteiger partial charge in [-0.25, -0.2) is 0 Å². The topological polar surface area (TPSA) is 19.4 Å². The molecule has 0 bridgehead atoms. The van der Waals surface area contributed by atoms with Crippen LogP contribution in [0.2, 0.25) is 0 Å². The predicted molar refractivity (Wildman–Crippen MR) is 76.6 cm³/mol. The zero-order chi connectivity index (χ0) is 12.8. The van der Waals surface area contributed by atoms with Crippen molar-refractivity contribution in [1.29, 1.82) is 0 Å². The molecule has 1 fully saturated rings. The molecule has 18 heavy (non-hydrogen) atoms. The third kappa shape index (κ3) is 3.93. The van der Waals surface area contributed by atoms with Crippen LogP contribution in [-0.2, 0) is 6.42 Å². The summed E-state index contributed by atoms with van der Waals surface area (Å²) >= 11 is 0. The maximum atomic E-state index is 4.43. The van der Waals surface area contributed by atoms with E-state index in [1.165, 1.54) is 31.7 Å². The molecule has 0 aromatic carbocycles. The van der Waals surface area contributed by atoms with E-state index in [0.29, 0.717) is 0 Å². The molecule has 98 valence electrons. The van der Waals surface area contributed by atoms with Crippen LogP contribution in [0.4, 0.5) is 0 Å². The van der Waals surface area contributed by atoms with Crippen molar-refractivity contribution >= 4 is 6.08 Å². The minimum Gasteiger partial charge on any atom is -0.304 e. The third-order valence-electron chi connectivity index (χ3n) is 3.50. The van der Waals surface area contributed by atoms with Crippen LogP contribution in [-0.4, -0.2) is 54.6 Å². The number of aryl methyl sites for hydroxylation is 1. The van der Waals surface area contributed by atoms with Gasteiger partial charge in [-0.05, 0) is 31.2 Å². The van der Waals surface area contributed by atoms with Crippen LogP contribution in [0.3, 0.4) is 0 Å². The van der Waals surface area contributed by atoms with Gasteiger partial charge in [0.1, 0.15) is 0 Å². The maximum absolute atomic E-state index is 4.43. The van der Waals surface area contributed by atoms with Gasteiger partial charge in [0.25, 0.3) is 0 Å². The quantitative estimate of drug-likeness (QED) is 0.807. The molecule has 0 atom stereocenters. The van der Waals surface area contributed by atoms with Crippen molar-refractivity contribution in [3.63, 3.8) is 0 Å². The Hall–Kier alpha value is -1.19. The summed E-state index contributed by atoms with van der Waals surface area (Å²) in [5, 5.41) is 0. The number of piperazine rings is 1. The normalized spacial score (nSPS) is 18.6. The van der Waals surface area contributed by atoms with E-state index in [-0.39, 0.29) is 0 Å². The van der Waals surface area contributed by atoms with Crippen LogP contribution in [0.5, 0.6) is 0 Å². The number of hydrogen-bond donors (Lipinski definition) is 0. The summed E-state index contributed by atoms with van der Waals surface area (Å²) in [5.41, 5.74) is 2.35. The smallest absolute Gasteiger partial charge is 0.0627 e. The summed E-state index contributed by atoms with van der Waals surface area (Å²) in [6, 6.07) is 4.25. The van der Waals surface area contributed by atoms with Gasteiger partial charge in [0, 0.05) is 38.9 Å². The summed E-state index contributed by atoms with van der Waals surface area (Å²) in [5.74, 6) is 0. The molecule has 3 heteroatoms. The fourth-order valence-electron chi connectivity index (χ4n) is 2.10. The van der Waals surface area contributed by atoms with Crippen LogP contribution < -0.4 is 0 Å². The van der Waals surface area contributed by atoms with E-state index < -0.39 is 0 Å². The van der Waals surface area contributed by atoms with Crippen molar-refractivity contribution in [2.75, 3.05) is 39.8 Å². The number of rotatable bonds is 4. The summed E-state index contributed by atoms with van der Waals surface area (Å²) < 4.78 is 0. The second kappa shape index (κ2) is 6.66. The first-order chi connectivity index (χ1) is 8.78. The van der Waals surface area contributed by atoms with Crippen LogP contribution in [0.1, 0.15) is 18.2 Å². The van der Waals surface area contributed by atoms with Crippen LogP contribution in [0, 0.1) is 0 Å². The van der Waals surface area contributed by atoms with Gasteiger partial charge >= 0.3 is 0 Å². The van der Waals surface area contributed by atoms with Gasteiger partial charge in [-0.2, -0.15) is 0 Å². The van der Waals surface area contributed by atoms with Gasteiger partial charge in [0.2, 0.25) is 0 Å². The molecule has 0 amide bonds. The monoisotopic (exact) mass is 245 g/mol. The Balaban J connectivity index is 1.79. The molecular weight excluding hydrogens is 222 g/mol. The highest BCUT2D eigenvalue weighted by Gasteiger charge is 2.11. The molecule has 3 nitrogen and oxygen atoms in total. The highest BCUT2D eigenvalue weighted by atomic mass is 15.2. The van der Waals surface area contributed by atoms with E-state index in [2.05, 4.69) is 53.0 Å². The fraction of sp³-hybridized carbons (Fsp3) is 0.533. The molecule has 0 unspecified atom stereocenters. The molecule has 0 spiro atoms. The van der Waals surface area contributed by atoms with Crippen LogP contribution >= 0.6 is 0 Å². The maximum Gasteiger partial charge on any atom is 0.0627 e. The van der Waals surface area contributed by atoms with Crippen LogP contribution in [0.15, 0.2) is 24.4 Å². The Morgan fingerprint density at radius 3 is 2.61 bits per heavy atom. The molecule has 0 N–H and O–H groups in total. The van der Waals surface area contributed by atoms with Gasteiger partial charge < -0.3 is 4.90 Å². The summed E-state index contributed by atoms with van der Waals surface area (Å²) in [6.07, 6.45) is 7.37. The summed E-state index contributed by atoms with van der Waals surface area (Å²) in [7, 11) is 2.19. The minimum absolute atomic E-state index is 1.03. The average Bonchev–Trinajstić information content (AvgIpc) is 2.42. The second-order valence-electron chi connectivity index (χ2n) is 4.95. The average molecular weight is 245 g/mol. The largest absolute Gasteiger partial charge is 0.304 e. The summed E-state index contributed by atoms with van der Waals surface area (Å²) in [6.45, 7) is 7.88. The Morgan fingerprint density at radius 1 is 1.22 bits per heavy atom. The SMILES string of the molecule is CCc1ccc(/C=C/CN2CCN(C)CC2)nc1. The predicted octanol–water partition coefficient (Wildman–Crippen LogP) is 1.90. The molecule has 0 radical (unpaired) electrons. The molecule has 2 heterocycles. The number of pyridine rings is 1. The van der Waals surface area contributed by atoms with E-state index in [4.69, 9.17) is 0 Å². The minimum atomic E-state index is 1.03. The van der Waals surface area contributed by atoms with Gasteiger partial charge in [-0.15, -0.1) is 0 Å². The van der Waals surface area contributed by atoms with E-state index in [9.17, 15) is 0 Å². The Labute approximate surface area is 110 Å². The lowest BCUT2D eigenvalue weighted by molar-refractivity contribution is 0.167. The third-order valence-corrected chi connectivity index (χ3v) is 3.50. The first-order valence-corrected chi connectivity index (χ1v) is 6.80. The second-order valence-corrected chi connectivity index (χ2v) is 4.95. The van der Waals surface area contributed by atoms with Crippen molar-refractivity contribution in [2.45, 2.75) is 13.3 Å². The lowest BCUT2D eigenvalue weighted by Crippen LogP contribution is -2.44. The van der Waals surface area contributed by atoms with Crippen LogP contribution in [0.25, 0.3) is 6.08 Å². The number of aromatic nitrogens is 1. The molecule has 0 saturated carbocycles. The molecule has 2 rings (SSSR count). The Morgan fingerprint density at radius 2 is 2.00 bits per heavy atom. The molecule has 1 aliphatic rings. The zero-order valence-electron chi connectivity index (χ0n) is 11.5. The first-order valence-electron chi connectivity index (χ1n) is 6.80. The van der Waals surface area contributed by atoms with E-state index >= 15 is 0 Å². The standard InChI is InChI=1S/C15H23N3/c1-3-14-6-7-15(16-13-14)5-4-8-18-11-9-17(2)10-12-18/h4-7,13H,3,8-12H2,1-2H3/b5-4+. The molecule has 1 aromatic rings. The number of hydrogen-bond acceptors (Lipinski definition) is 3. The highest BCUT2D eigenvalue weighted by molar-refractivity contribution is 5.44.